The summed E-state index contributed by atoms with van der Waals surface area (Å²) in [5, 5.41) is 6.72. The fraction of sp³-hybridized carbons (Fsp3) is 0.316. The number of rotatable bonds is 8. The van der Waals surface area contributed by atoms with E-state index in [0.717, 1.165) is 6.26 Å². The molecular formula is C19H24ClFIN3O3S. The molecule has 0 atom stereocenters. The first-order chi connectivity index (χ1) is 13.3. The van der Waals surface area contributed by atoms with Gasteiger partial charge in [-0.2, -0.15) is 0 Å². The van der Waals surface area contributed by atoms with Crippen molar-refractivity contribution in [3.63, 3.8) is 0 Å². The molecule has 0 aromatic heterocycles. The molecule has 0 aliphatic rings. The Labute approximate surface area is 192 Å². The highest BCUT2D eigenvalue weighted by molar-refractivity contribution is 14.0. The highest BCUT2D eigenvalue weighted by Crippen LogP contribution is 2.17. The summed E-state index contributed by atoms with van der Waals surface area (Å²) >= 11 is 5.90. The zero-order valence-electron chi connectivity index (χ0n) is 16.1. The number of hydrogen-bond acceptors (Lipinski definition) is 4. The van der Waals surface area contributed by atoms with Gasteiger partial charge in [-0.1, -0.05) is 23.7 Å². The van der Waals surface area contributed by atoms with Gasteiger partial charge in [0.15, 0.2) is 15.8 Å². The molecule has 0 radical (unpaired) electrons. The minimum absolute atomic E-state index is 0. The number of nitrogens with zero attached hydrogens (tertiary/aromatic N) is 1. The van der Waals surface area contributed by atoms with Crippen LogP contribution < -0.4 is 15.4 Å². The molecule has 29 heavy (non-hydrogen) atoms. The van der Waals surface area contributed by atoms with Gasteiger partial charge in [0.05, 0.1) is 12.3 Å². The van der Waals surface area contributed by atoms with E-state index in [1.807, 2.05) is 6.07 Å². The number of guanidine groups is 1. The maximum Gasteiger partial charge on any atom is 0.191 e. The molecule has 0 amide bonds. The lowest BCUT2D eigenvalue weighted by Crippen LogP contribution is -2.39. The van der Waals surface area contributed by atoms with E-state index in [2.05, 4.69) is 15.6 Å². The SMILES string of the molecule is CN=C(NCCOc1cccc(Cl)c1)NCc1cc(F)ccc1CS(C)(=O)=O.I. The van der Waals surface area contributed by atoms with Gasteiger partial charge in [0.25, 0.3) is 0 Å². The third-order valence-corrected chi connectivity index (χ3v) is 4.79. The molecule has 0 spiro atoms. The summed E-state index contributed by atoms with van der Waals surface area (Å²) in [6, 6.07) is 11.2. The number of sulfone groups is 1. The summed E-state index contributed by atoms with van der Waals surface area (Å²) < 4.78 is 42.3. The van der Waals surface area contributed by atoms with Crippen molar-refractivity contribution in [2.75, 3.05) is 26.5 Å². The first-order valence-corrected chi connectivity index (χ1v) is 11.0. The summed E-state index contributed by atoms with van der Waals surface area (Å²) in [5.74, 6) is 0.586. The number of nitrogens with one attached hydrogen (secondary N) is 2. The molecule has 2 aromatic carbocycles. The van der Waals surface area contributed by atoms with E-state index >= 15 is 0 Å². The van der Waals surface area contributed by atoms with Gasteiger partial charge in [-0.05, 0) is 41.5 Å². The summed E-state index contributed by atoms with van der Waals surface area (Å²) in [6.45, 7) is 1.10. The van der Waals surface area contributed by atoms with Crippen molar-refractivity contribution < 1.29 is 17.5 Å². The summed E-state index contributed by atoms with van der Waals surface area (Å²) in [6.07, 6.45) is 1.15. The molecule has 0 fully saturated rings. The van der Waals surface area contributed by atoms with Gasteiger partial charge >= 0.3 is 0 Å². The van der Waals surface area contributed by atoms with Gasteiger partial charge in [-0.25, -0.2) is 12.8 Å². The number of halogens is 3. The van der Waals surface area contributed by atoms with Crippen LogP contribution in [0.5, 0.6) is 5.75 Å². The lowest BCUT2D eigenvalue weighted by molar-refractivity contribution is 0.322. The number of aliphatic imine (C=N–C) groups is 1. The van der Waals surface area contributed by atoms with Gasteiger partial charge < -0.3 is 15.4 Å². The molecule has 0 aliphatic carbocycles. The number of ether oxygens (including phenoxy) is 1. The Balaban J connectivity index is 0.00000420. The van der Waals surface area contributed by atoms with Crippen LogP contribution in [0.3, 0.4) is 0 Å². The van der Waals surface area contributed by atoms with E-state index in [9.17, 15) is 12.8 Å². The van der Waals surface area contributed by atoms with Gasteiger partial charge in [-0.15, -0.1) is 24.0 Å². The van der Waals surface area contributed by atoms with Crippen molar-refractivity contribution in [3.05, 3.63) is 64.4 Å². The first-order valence-electron chi connectivity index (χ1n) is 8.55. The van der Waals surface area contributed by atoms with Gasteiger partial charge in [0, 0.05) is 24.9 Å². The molecule has 0 heterocycles. The van der Waals surface area contributed by atoms with Gasteiger partial charge in [-0.3, -0.25) is 4.99 Å². The third-order valence-electron chi connectivity index (χ3n) is 3.72. The molecular weight excluding hydrogens is 532 g/mol. The molecule has 0 aliphatic heterocycles. The second-order valence-corrected chi connectivity index (χ2v) is 8.72. The second-order valence-electron chi connectivity index (χ2n) is 6.14. The first kappa shape index (κ1) is 25.4. The maximum atomic E-state index is 13.6. The molecule has 0 saturated carbocycles. The highest BCUT2D eigenvalue weighted by Gasteiger charge is 2.11. The van der Waals surface area contributed by atoms with E-state index in [1.165, 1.54) is 18.2 Å². The third kappa shape index (κ3) is 9.64. The van der Waals surface area contributed by atoms with E-state index < -0.39 is 15.7 Å². The summed E-state index contributed by atoms with van der Waals surface area (Å²) in [7, 11) is -1.62. The molecule has 0 bridgehead atoms. The van der Waals surface area contributed by atoms with Crippen molar-refractivity contribution in [3.8, 4) is 5.75 Å². The van der Waals surface area contributed by atoms with Crippen LogP contribution >= 0.6 is 35.6 Å². The topological polar surface area (TPSA) is 79.8 Å². The van der Waals surface area contributed by atoms with Crippen LogP contribution in [0.1, 0.15) is 11.1 Å². The Morgan fingerprint density at radius 2 is 1.93 bits per heavy atom. The normalized spacial score (nSPS) is 11.5. The van der Waals surface area contributed by atoms with Gasteiger partial charge in [0.2, 0.25) is 0 Å². The Morgan fingerprint density at radius 3 is 2.59 bits per heavy atom. The van der Waals surface area contributed by atoms with E-state index in [-0.39, 0.29) is 36.3 Å². The van der Waals surface area contributed by atoms with E-state index in [1.54, 1.807) is 25.2 Å². The van der Waals surface area contributed by atoms with Crippen LogP contribution in [-0.2, 0) is 22.1 Å². The minimum atomic E-state index is -3.23. The molecule has 2 aromatic rings. The quantitative estimate of drug-likeness (QED) is 0.226. The number of hydrogen-bond donors (Lipinski definition) is 2. The smallest absolute Gasteiger partial charge is 0.191 e. The summed E-state index contributed by atoms with van der Waals surface area (Å²) in [5.41, 5.74) is 1.11. The van der Waals surface area contributed by atoms with Crippen molar-refractivity contribution in [1.82, 2.24) is 10.6 Å². The largest absolute Gasteiger partial charge is 0.492 e. The fourth-order valence-corrected chi connectivity index (χ4v) is 3.50. The lowest BCUT2D eigenvalue weighted by atomic mass is 10.1. The van der Waals surface area contributed by atoms with E-state index in [0.29, 0.717) is 41.0 Å². The second kappa shape index (κ2) is 12.2. The van der Waals surface area contributed by atoms with Crippen LogP contribution in [0.4, 0.5) is 4.39 Å². The Bertz CT molecular complexity index is 942. The van der Waals surface area contributed by atoms with Crippen molar-refractivity contribution in [2.24, 2.45) is 4.99 Å². The van der Waals surface area contributed by atoms with Crippen molar-refractivity contribution in [2.45, 2.75) is 12.3 Å². The average molecular weight is 556 g/mol. The van der Waals surface area contributed by atoms with Crippen molar-refractivity contribution >= 4 is 51.4 Å². The van der Waals surface area contributed by atoms with Crippen LogP contribution in [0.2, 0.25) is 5.02 Å². The predicted molar refractivity (Wildman–Crippen MR) is 126 cm³/mol. The zero-order valence-corrected chi connectivity index (χ0v) is 20.0. The van der Waals surface area contributed by atoms with Crippen LogP contribution in [-0.4, -0.2) is 40.8 Å². The molecule has 0 unspecified atom stereocenters. The van der Waals surface area contributed by atoms with Gasteiger partial charge in [0.1, 0.15) is 18.2 Å². The average Bonchev–Trinajstić information content (AvgIpc) is 2.62. The van der Waals surface area contributed by atoms with Crippen LogP contribution in [0, 0.1) is 5.82 Å². The molecule has 2 N–H and O–H groups in total. The standard InChI is InChI=1S/C19H23ClFN3O3S.HI/c1-22-19(23-8-9-27-18-5-3-4-16(20)11-18)24-12-15-10-17(21)7-6-14(15)13-28(2,25)26;/h3-7,10-11H,8-9,12-13H2,1-2H3,(H2,22,23,24);1H. The van der Waals surface area contributed by atoms with E-state index in [4.69, 9.17) is 16.3 Å². The molecule has 160 valence electrons. The maximum absolute atomic E-state index is 13.6. The van der Waals surface area contributed by atoms with Crippen LogP contribution in [0.15, 0.2) is 47.5 Å². The molecule has 6 nitrogen and oxygen atoms in total. The lowest BCUT2D eigenvalue weighted by Gasteiger charge is -2.14. The predicted octanol–water partition coefficient (Wildman–Crippen LogP) is 3.39. The fourth-order valence-electron chi connectivity index (χ4n) is 2.48. The molecule has 10 heteroatoms. The number of benzene rings is 2. The highest BCUT2D eigenvalue weighted by atomic mass is 127. The van der Waals surface area contributed by atoms with Crippen LogP contribution in [0.25, 0.3) is 0 Å². The Kier molecular flexibility index (Phi) is 10.7. The summed E-state index contributed by atoms with van der Waals surface area (Å²) in [4.78, 5) is 4.09. The molecule has 0 saturated heterocycles. The molecule has 2 rings (SSSR count). The monoisotopic (exact) mass is 555 g/mol. The zero-order chi connectivity index (χ0) is 20.6. The Hall–Kier alpha value is -1.59. The Morgan fingerprint density at radius 1 is 1.17 bits per heavy atom. The van der Waals surface area contributed by atoms with Crippen molar-refractivity contribution in [1.29, 1.82) is 0 Å². The minimum Gasteiger partial charge on any atom is -0.492 e.